The third kappa shape index (κ3) is 7.85. The lowest BCUT2D eigenvalue weighted by molar-refractivity contribution is 0.242. The van der Waals surface area contributed by atoms with E-state index in [1.165, 1.54) is 24.0 Å². The van der Waals surface area contributed by atoms with E-state index in [9.17, 15) is 0 Å². The third-order valence-electron chi connectivity index (χ3n) is 5.13. The van der Waals surface area contributed by atoms with Gasteiger partial charge in [-0.2, -0.15) is 0 Å². The van der Waals surface area contributed by atoms with Crippen molar-refractivity contribution in [2.75, 3.05) is 6.54 Å². The zero-order chi connectivity index (χ0) is 20.5. The second-order valence-corrected chi connectivity index (χ2v) is 8.86. The number of rotatable bonds is 11. The van der Waals surface area contributed by atoms with Crippen LogP contribution in [0, 0.1) is 5.92 Å². The average molecular weight is 402 g/mol. The molecule has 0 saturated heterocycles. The molecule has 2 aromatic carbocycles. The van der Waals surface area contributed by atoms with Gasteiger partial charge in [-0.25, -0.2) is 0 Å². The van der Waals surface area contributed by atoms with Crippen LogP contribution < -0.4 is 10.1 Å². The Bertz CT molecular complexity index is 679. The molecule has 2 nitrogen and oxygen atoms in total. The van der Waals surface area contributed by atoms with E-state index < -0.39 is 0 Å². The fourth-order valence-corrected chi connectivity index (χ4v) is 3.57. The van der Waals surface area contributed by atoms with Gasteiger partial charge >= 0.3 is 0 Å². The van der Waals surface area contributed by atoms with Crippen molar-refractivity contribution in [3.8, 4) is 5.75 Å². The molecule has 0 aromatic heterocycles. The molecule has 0 aliphatic rings. The second kappa shape index (κ2) is 11.5. The van der Waals surface area contributed by atoms with Crippen molar-refractivity contribution in [1.29, 1.82) is 0 Å². The van der Waals surface area contributed by atoms with Crippen LogP contribution in [-0.4, -0.2) is 12.6 Å². The molecule has 1 N–H and O–H groups in total. The van der Waals surface area contributed by atoms with Gasteiger partial charge in [0.2, 0.25) is 0 Å². The number of hydrogen-bond acceptors (Lipinski definition) is 2. The first-order chi connectivity index (χ1) is 13.3. The topological polar surface area (TPSA) is 21.3 Å². The van der Waals surface area contributed by atoms with Crippen LogP contribution in [0.2, 0.25) is 5.02 Å². The van der Waals surface area contributed by atoms with Gasteiger partial charge in [0, 0.05) is 11.1 Å². The number of benzene rings is 2. The summed E-state index contributed by atoms with van der Waals surface area (Å²) in [5.74, 6) is 2.25. The summed E-state index contributed by atoms with van der Waals surface area (Å²) in [5, 5.41) is 4.46. The van der Waals surface area contributed by atoms with Crippen LogP contribution in [0.4, 0.5) is 0 Å². The molecular formula is C25H36ClNO. The van der Waals surface area contributed by atoms with Gasteiger partial charge in [-0.1, -0.05) is 56.1 Å². The second-order valence-electron chi connectivity index (χ2n) is 8.42. The molecule has 2 atom stereocenters. The van der Waals surface area contributed by atoms with Crippen LogP contribution in [-0.2, 0) is 0 Å². The summed E-state index contributed by atoms with van der Waals surface area (Å²) in [6, 6.07) is 17.2. The van der Waals surface area contributed by atoms with Gasteiger partial charge in [0.1, 0.15) is 5.75 Å². The maximum atomic E-state index is 6.00. The Morgan fingerprint density at radius 1 is 0.786 bits per heavy atom. The largest absolute Gasteiger partial charge is 0.491 e. The van der Waals surface area contributed by atoms with Crippen molar-refractivity contribution in [3.05, 3.63) is 64.7 Å². The standard InChI is InChI=1S/C25H36ClNO/c1-18(2)6-7-23(22-10-14-25(15-11-22)28-19(3)4)16-17-27-20(5)21-8-12-24(26)13-9-21/h8-15,18-20,23,27H,6-7,16-17H2,1-5H3/t20-,23+/m0/s1. The van der Waals surface area contributed by atoms with Crippen molar-refractivity contribution in [1.82, 2.24) is 5.32 Å². The molecule has 0 amide bonds. The minimum absolute atomic E-state index is 0.209. The Kier molecular flexibility index (Phi) is 9.34. The number of halogens is 1. The van der Waals surface area contributed by atoms with E-state index in [1.54, 1.807) is 0 Å². The van der Waals surface area contributed by atoms with E-state index in [4.69, 9.17) is 16.3 Å². The van der Waals surface area contributed by atoms with E-state index in [0.29, 0.717) is 12.0 Å². The van der Waals surface area contributed by atoms with Crippen molar-refractivity contribution < 1.29 is 4.74 Å². The average Bonchev–Trinajstić information content (AvgIpc) is 2.65. The fourth-order valence-electron chi connectivity index (χ4n) is 3.45. The highest BCUT2D eigenvalue weighted by Crippen LogP contribution is 2.28. The fraction of sp³-hybridized carbons (Fsp3) is 0.520. The molecule has 0 fully saturated rings. The number of nitrogens with one attached hydrogen (secondary N) is 1. The van der Waals surface area contributed by atoms with Crippen LogP contribution in [0.3, 0.4) is 0 Å². The van der Waals surface area contributed by atoms with Gasteiger partial charge in [-0.15, -0.1) is 0 Å². The molecule has 0 aliphatic carbocycles. The highest BCUT2D eigenvalue weighted by atomic mass is 35.5. The lowest BCUT2D eigenvalue weighted by Gasteiger charge is -2.21. The summed E-state index contributed by atoms with van der Waals surface area (Å²) in [7, 11) is 0. The van der Waals surface area contributed by atoms with Gasteiger partial charge in [0.15, 0.2) is 0 Å². The van der Waals surface area contributed by atoms with Crippen LogP contribution in [0.1, 0.15) is 77.0 Å². The Morgan fingerprint density at radius 2 is 1.39 bits per heavy atom. The Balaban J connectivity index is 1.95. The van der Waals surface area contributed by atoms with Gasteiger partial charge in [-0.05, 0) is 87.4 Å². The SMILES string of the molecule is CC(C)CC[C@H](CCN[C@@H](C)c1ccc(Cl)cc1)c1ccc(OC(C)C)cc1. The van der Waals surface area contributed by atoms with Crippen molar-refractivity contribution in [2.45, 2.75) is 71.9 Å². The van der Waals surface area contributed by atoms with Gasteiger partial charge in [0.05, 0.1) is 6.10 Å². The molecule has 0 saturated carbocycles. The van der Waals surface area contributed by atoms with E-state index in [2.05, 4.69) is 76.3 Å². The molecule has 154 valence electrons. The predicted molar refractivity (Wildman–Crippen MR) is 122 cm³/mol. The molecule has 0 heterocycles. The lowest BCUT2D eigenvalue weighted by Crippen LogP contribution is -2.21. The molecule has 0 bridgehead atoms. The highest BCUT2D eigenvalue weighted by molar-refractivity contribution is 6.30. The predicted octanol–water partition coefficient (Wildman–Crippen LogP) is 7.39. The molecular weight excluding hydrogens is 366 g/mol. The quantitative estimate of drug-likeness (QED) is 0.423. The molecule has 2 aromatic rings. The van der Waals surface area contributed by atoms with Crippen LogP contribution >= 0.6 is 11.6 Å². The summed E-state index contributed by atoms with van der Waals surface area (Å²) in [6.07, 6.45) is 3.82. The minimum Gasteiger partial charge on any atom is -0.491 e. The van der Waals surface area contributed by atoms with E-state index >= 15 is 0 Å². The smallest absolute Gasteiger partial charge is 0.119 e. The van der Waals surface area contributed by atoms with E-state index in [0.717, 1.165) is 29.7 Å². The molecule has 0 unspecified atom stereocenters. The number of ether oxygens (including phenoxy) is 1. The molecule has 3 heteroatoms. The van der Waals surface area contributed by atoms with Crippen molar-refractivity contribution in [2.24, 2.45) is 5.92 Å². The van der Waals surface area contributed by atoms with Crippen molar-refractivity contribution in [3.63, 3.8) is 0 Å². The van der Waals surface area contributed by atoms with E-state index in [1.807, 2.05) is 12.1 Å². The molecule has 2 rings (SSSR count). The normalized spacial score (nSPS) is 13.7. The van der Waals surface area contributed by atoms with Crippen LogP contribution in [0.15, 0.2) is 48.5 Å². The zero-order valence-electron chi connectivity index (χ0n) is 18.0. The number of hydrogen-bond donors (Lipinski definition) is 1. The Morgan fingerprint density at radius 3 is 1.96 bits per heavy atom. The molecule has 28 heavy (non-hydrogen) atoms. The van der Waals surface area contributed by atoms with Gasteiger partial charge in [-0.3, -0.25) is 0 Å². The van der Waals surface area contributed by atoms with Crippen LogP contribution in [0.25, 0.3) is 0 Å². The molecule has 0 aliphatic heterocycles. The van der Waals surface area contributed by atoms with Crippen molar-refractivity contribution >= 4 is 11.6 Å². The summed E-state index contributed by atoms with van der Waals surface area (Å²) in [6.45, 7) is 11.9. The minimum atomic E-state index is 0.209. The summed E-state index contributed by atoms with van der Waals surface area (Å²) in [4.78, 5) is 0. The van der Waals surface area contributed by atoms with E-state index in [-0.39, 0.29) is 6.10 Å². The van der Waals surface area contributed by atoms with Gasteiger partial charge < -0.3 is 10.1 Å². The van der Waals surface area contributed by atoms with Gasteiger partial charge in [0.25, 0.3) is 0 Å². The molecule has 0 spiro atoms. The summed E-state index contributed by atoms with van der Waals surface area (Å²) in [5.41, 5.74) is 2.69. The first kappa shape index (κ1) is 22.8. The first-order valence-corrected chi connectivity index (χ1v) is 11.0. The lowest BCUT2D eigenvalue weighted by atomic mass is 9.88. The maximum Gasteiger partial charge on any atom is 0.119 e. The van der Waals surface area contributed by atoms with Crippen LogP contribution in [0.5, 0.6) is 5.75 Å². The summed E-state index contributed by atoms with van der Waals surface area (Å²) < 4.78 is 5.80. The highest BCUT2D eigenvalue weighted by Gasteiger charge is 2.14. The maximum absolute atomic E-state index is 6.00. The monoisotopic (exact) mass is 401 g/mol. The third-order valence-corrected chi connectivity index (χ3v) is 5.38. The summed E-state index contributed by atoms with van der Waals surface area (Å²) >= 11 is 6.00. The Hall–Kier alpha value is -1.51. The zero-order valence-corrected chi connectivity index (χ0v) is 18.8. The Labute approximate surface area is 176 Å². The first-order valence-electron chi connectivity index (χ1n) is 10.6. The molecule has 0 radical (unpaired) electrons.